The van der Waals surface area contributed by atoms with Crippen LogP contribution in [0.15, 0.2) is 97.2 Å². The summed E-state index contributed by atoms with van der Waals surface area (Å²) in [5.74, 6) is -0.594. The number of anilines is 1. The maximum Gasteiger partial charge on any atom is 0.249 e. The lowest BCUT2D eigenvalue weighted by Crippen LogP contribution is -2.10. The number of carbonyl (C=O) groups excluding carboxylic acids is 1. The van der Waals surface area contributed by atoms with E-state index in [1.807, 2.05) is 60.7 Å². The molecule has 0 unspecified atom stereocenters. The summed E-state index contributed by atoms with van der Waals surface area (Å²) in [6, 6.07) is 25.1. The summed E-state index contributed by atoms with van der Waals surface area (Å²) in [7, 11) is 0. The first kappa shape index (κ1) is 17.6. The first-order valence-corrected chi connectivity index (χ1v) is 8.88. The van der Waals surface area contributed by atoms with Crippen LogP contribution in [0.3, 0.4) is 0 Å². The van der Waals surface area contributed by atoms with Crippen LogP contribution in [0.1, 0.15) is 11.1 Å². The van der Waals surface area contributed by atoms with Crippen LogP contribution in [0.2, 0.25) is 0 Å². The second-order valence-electron chi connectivity index (χ2n) is 6.30. The van der Waals surface area contributed by atoms with Crippen LogP contribution in [0.4, 0.5) is 10.1 Å². The van der Waals surface area contributed by atoms with Crippen LogP contribution in [0.5, 0.6) is 0 Å². The van der Waals surface area contributed by atoms with Gasteiger partial charge in [-0.05, 0) is 41.0 Å². The Morgan fingerprint density at radius 3 is 2.32 bits per heavy atom. The van der Waals surface area contributed by atoms with Gasteiger partial charge in [0.25, 0.3) is 0 Å². The van der Waals surface area contributed by atoms with Gasteiger partial charge in [0.2, 0.25) is 5.91 Å². The highest BCUT2D eigenvalue weighted by atomic mass is 19.1. The van der Waals surface area contributed by atoms with Crippen LogP contribution >= 0.6 is 0 Å². The van der Waals surface area contributed by atoms with Crippen molar-refractivity contribution in [3.8, 4) is 0 Å². The summed E-state index contributed by atoms with van der Waals surface area (Å²) in [4.78, 5) is 17.2. The molecule has 1 amide bonds. The van der Waals surface area contributed by atoms with E-state index in [0.29, 0.717) is 11.3 Å². The molecule has 0 aliphatic carbocycles. The van der Waals surface area contributed by atoms with Crippen molar-refractivity contribution >= 4 is 28.1 Å². The molecule has 4 aromatic rings. The third kappa shape index (κ3) is 3.81. The predicted octanol–water partition coefficient (Wildman–Crippen LogP) is 5.44. The summed E-state index contributed by atoms with van der Waals surface area (Å²) >= 11 is 0. The lowest BCUT2D eigenvalue weighted by atomic mass is 9.97. The average Bonchev–Trinajstić information content (AvgIpc) is 2.74. The first-order chi connectivity index (χ1) is 13.7. The number of carbonyl (C=O) groups is 1. The quantitative estimate of drug-likeness (QED) is 0.487. The molecule has 0 radical (unpaired) electrons. The summed E-state index contributed by atoms with van der Waals surface area (Å²) < 4.78 is 13.3. The molecule has 0 atom stereocenters. The topological polar surface area (TPSA) is 42.0 Å². The molecule has 136 valence electrons. The fraction of sp³-hybridized carbons (Fsp3) is 0. The number of pyridine rings is 1. The molecule has 0 saturated carbocycles. The van der Waals surface area contributed by atoms with Gasteiger partial charge in [-0.2, -0.15) is 0 Å². The number of fused-ring (bicyclic) bond motifs is 1. The minimum atomic E-state index is -0.317. The summed E-state index contributed by atoms with van der Waals surface area (Å²) in [6.07, 6.45) is 3.23. The zero-order valence-corrected chi connectivity index (χ0v) is 15.0. The molecule has 3 aromatic carbocycles. The number of benzene rings is 3. The van der Waals surface area contributed by atoms with E-state index in [9.17, 15) is 9.18 Å². The Kier molecular flexibility index (Phi) is 4.93. The van der Waals surface area contributed by atoms with E-state index < -0.39 is 0 Å². The van der Waals surface area contributed by atoms with E-state index in [-0.39, 0.29) is 11.7 Å². The number of halogens is 1. The number of nitrogens with zero attached hydrogens (tertiary/aromatic N) is 1. The number of para-hydroxylation sites is 1. The molecule has 4 rings (SSSR count). The number of hydrogen-bond acceptors (Lipinski definition) is 2. The van der Waals surface area contributed by atoms with Crippen molar-refractivity contribution in [3.63, 3.8) is 0 Å². The number of rotatable bonds is 4. The number of nitrogens with one attached hydrogen (secondary N) is 1. The maximum atomic E-state index is 13.3. The average molecular weight is 368 g/mol. The number of hydrogen-bond donors (Lipinski definition) is 1. The molecule has 0 spiro atoms. The predicted molar refractivity (Wildman–Crippen MR) is 110 cm³/mol. The molecule has 1 aromatic heterocycles. The Morgan fingerprint density at radius 2 is 1.54 bits per heavy atom. The van der Waals surface area contributed by atoms with E-state index in [4.69, 9.17) is 0 Å². The highest BCUT2D eigenvalue weighted by Crippen LogP contribution is 2.25. The van der Waals surface area contributed by atoms with Crippen molar-refractivity contribution in [2.75, 3.05) is 5.32 Å². The second kappa shape index (κ2) is 7.84. The SMILES string of the molecule is O=C(/C=C(/c1ccccc1)c1ccc(F)cc1)Nc1cccc2cccnc12. The zero-order chi connectivity index (χ0) is 19.3. The van der Waals surface area contributed by atoms with Crippen LogP contribution in [-0.4, -0.2) is 10.9 Å². The van der Waals surface area contributed by atoms with Crippen LogP contribution in [0.25, 0.3) is 16.5 Å². The largest absolute Gasteiger partial charge is 0.321 e. The van der Waals surface area contributed by atoms with E-state index in [2.05, 4.69) is 10.3 Å². The van der Waals surface area contributed by atoms with Gasteiger partial charge in [0.15, 0.2) is 0 Å². The monoisotopic (exact) mass is 368 g/mol. The molecule has 0 bridgehead atoms. The Bertz CT molecular complexity index is 1150. The molecular weight excluding hydrogens is 351 g/mol. The van der Waals surface area contributed by atoms with Gasteiger partial charge in [-0.15, -0.1) is 0 Å². The lowest BCUT2D eigenvalue weighted by molar-refractivity contribution is -0.111. The third-order valence-corrected chi connectivity index (χ3v) is 4.41. The van der Waals surface area contributed by atoms with E-state index >= 15 is 0 Å². The molecule has 1 N–H and O–H groups in total. The van der Waals surface area contributed by atoms with Crippen molar-refractivity contribution in [2.24, 2.45) is 0 Å². The molecule has 28 heavy (non-hydrogen) atoms. The fourth-order valence-corrected chi connectivity index (χ4v) is 3.09. The highest BCUT2D eigenvalue weighted by molar-refractivity contribution is 6.09. The van der Waals surface area contributed by atoms with E-state index in [1.54, 1.807) is 18.3 Å². The first-order valence-electron chi connectivity index (χ1n) is 8.88. The Balaban J connectivity index is 1.71. The zero-order valence-electron chi connectivity index (χ0n) is 15.0. The van der Waals surface area contributed by atoms with Gasteiger partial charge >= 0.3 is 0 Å². The highest BCUT2D eigenvalue weighted by Gasteiger charge is 2.10. The minimum absolute atomic E-state index is 0.277. The number of aromatic nitrogens is 1. The second-order valence-corrected chi connectivity index (χ2v) is 6.30. The van der Waals surface area contributed by atoms with Gasteiger partial charge in [-0.3, -0.25) is 9.78 Å². The molecule has 0 saturated heterocycles. The van der Waals surface area contributed by atoms with Gasteiger partial charge in [0.1, 0.15) is 5.82 Å². The molecule has 3 nitrogen and oxygen atoms in total. The van der Waals surface area contributed by atoms with Gasteiger partial charge < -0.3 is 5.32 Å². The maximum absolute atomic E-state index is 13.3. The van der Waals surface area contributed by atoms with Crippen molar-refractivity contribution in [2.45, 2.75) is 0 Å². The van der Waals surface area contributed by atoms with Crippen LogP contribution in [0, 0.1) is 5.82 Å². The van der Waals surface area contributed by atoms with Crippen LogP contribution < -0.4 is 5.32 Å². The van der Waals surface area contributed by atoms with Crippen LogP contribution in [-0.2, 0) is 4.79 Å². The van der Waals surface area contributed by atoms with Crippen molar-refractivity contribution < 1.29 is 9.18 Å². The molecule has 0 aliphatic heterocycles. The normalized spacial score (nSPS) is 11.4. The van der Waals surface area contributed by atoms with Gasteiger partial charge in [0.05, 0.1) is 11.2 Å². The Labute approximate surface area is 162 Å². The van der Waals surface area contributed by atoms with Crippen molar-refractivity contribution in [3.05, 3.63) is 114 Å². The minimum Gasteiger partial charge on any atom is -0.321 e. The van der Waals surface area contributed by atoms with E-state index in [1.165, 1.54) is 18.2 Å². The summed E-state index contributed by atoms with van der Waals surface area (Å²) in [6.45, 7) is 0. The molecule has 4 heteroatoms. The standard InChI is InChI=1S/C24H17FN2O/c25-20-13-11-18(12-14-20)21(17-6-2-1-3-7-17)16-23(28)27-22-10-4-8-19-9-5-15-26-24(19)22/h1-16H,(H,27,28)/b21-16-. The van der Waals surface area contributed by atoms with Crippen molar-refractivity contribution in [1.82, 2.24) is 4.98 Å². The van der Waals surface area contributed by atoms with Gasteiger partial charge in [-0.1, -0.05) is 60.7 Å². The molecule has 0 fully saturated rings. The smallest absolute Gasteiger partial charge is 0.249 e. The Morgan fingerprint density at radius 1 is 0.821 bits per heavy atom. The molecule has 1 heterocycles. The lowest BCUT2D eigenvalue weighted by Gasteiger charge is -2.10. The summed E-state index contributed by atoms with van der Waals surface area (Å²) in [5.41, 5.74) is 3.73. The number of amides is 1. The summed E-state index contributed by atoms with van der Waals surface area (Å²) in [5, 5.41) is 3.86. The van der Waals surface area contributed by atoms with Gasteiger partial charge in [-0.25, -0.2) is 4.39 Å². The fourth-order valence-electron chi connectivity index (χ4n) is 3.09. The van der Waals surface area contributed by atoms with Gasteiger partial charge in [0, 0.05) is 17.7 Å². The molecule has 0 aliphatic rings. The third-order valence-electron chi connectivity index (χ3n) is 4.41. The van der Waals surface area contributed by atoms with Crippen molar-refractivity contribution in [1.29, 1.82) is 0 Å². The van der Waals surface area contributed by atoms with E-state index in [0.717, 1.165) is 22.0 Å². The Hall–Kier alpha value is -3.79. The molecular formula is C24H17FN2O.